The minimum atomic E-state index is 0.361. The van der Waals surface area contributed by atoms with Crippen LogP contribution in [0.2, 0.25) is 0 Å². The van der Waals surface area contributed by atoms with E-state index in [-0.39, 0.29) is 0 Å². The van der Waals surface area contributed by atoms with Crippen LogP contribution in [0, 0.1) is 0 Å². The van der Waals surface area contributed by atoms with E-state index in [0.29, 0.717) is 30.8 Å². The molecule has 0 saturated carbocycles. The van der Waals surface area contributed by atoms with Crippen molar-refractivity contribution in [3.8, 4) is 6.01 Å². The van der Waals surface area contributed by atoms with E-state index in [1.165, 1.54) is 0 Å². The summed E-state index contributed by atoms with van der Waals surface area (Å²) in [6.45, 7) is 5.35. The van der Waals surface area contributed by atoms with Crippen LogP contribution in [0.4, 0.5) is 5.95 Å². The summed E-state index contributed by atoms with van der Waals surface area (Å²) in [6, 6.07) is 4.26. The average Bonchev–Trinajstić information content (AvgIpc) is 2.46. The molecule has 0 saturated heterocycles. The fraction of sp³-hybridized carbons (Fsp3) is 0.429. The maximum atomic E-state index is 5.39. The van der Waals surface area contributed by atoms with Gasteiger partial charge < -0.3 is 10.1 Å². The zero-order chi connectivity index (χ0) is 14.2. The molecule has 2 heterocycles. The molecule has 0 fully saturated rings. The van der Waals surface area contributed by atoms with Crippen molar-refractivity contribution in [3.05, 3.63) is 35.9 Å². The van der Waals surface area contributed by atoms with Gasteiger partial charge in [-0.15, -0.1) is 0 Å². The molecule has 0 aliphatic rings. The Bertz CT molecular complexity index is 532. The van der Waals surface area contributed by atoms with E-state index >= 15 is 0 Å². The molecule has 2 aromatic heterocycles. The Labute approximate surface area is 118 Å². The number of pyridine rings is 1. The molecule has 106 valence electrons. The van der Waals surface area contributed by atoms with Gasteiger partial charge in [-0.3, -0.25) is 4.98 Å². The second-order valence-corrected chi connectivity index (χ2v) is 4.26. The monoisotopic (exact) mass is 273 g/mol. The molecule has 0 atom stereocenters. The predicted octanol–water partition coefficient (Wildman–Crippen LogP) is 2.08. The standard InChI is InChI=1S/C14H19N5O/c1-3-7-16-13-17-12(18-14(19-13)20-4-2)9-11-6-5-8-15-10-11/h5-6,8,10H,3-4,7,9H2,1-2H3,(H,16,17,18,19). The highest BCUT2D eigenvalue weighted by atomic mass is 16.5. The Morgan fingerprint density at radius 2 is 2.10 bits per heavy atom. The van der Waals surface area contributed by atoms with Crippen LogP contribution >= 0.6 is 0 Å². The Balaban J connectivity index is 2.19. The summed E-state index contributed by atoms with van der Waals surface area (Å²) in [5.74, 6) is 1.24. The fourth-order valence-electron chi connectivity index (χ4n) is 1.67. The number of hydrogen-bond acceptors (Lipinski definition) is 6. The largest absolute Gasteiger partial charge is 0.464 e. The van der Waals surface area contributed by atoms with Crippen LogP contribution in [0.1, 0.15) is 31.7 Å². The molecular formula is C14H19N5O. The molecule has 6 heteroatoms. The van der Waals surface area contributed by atoms with Crippen LogP contribution in [0.3, 0.4) is 0 Å². The minimum Gasteiger partial charge on any atom is -0.464 e. The summed E-state index contributed by atoms with van der Waals surface area (Å²) in [7, 11) is 0. The molecule has 2 rings (SSSR count). The van der Waals surface area contributed by atoms with Crippen molar-refractivity contribution in [2.24, 2.45) is 0 Å². The van der Waals surface area contributed by atoms with E-state index in [4.69, 9.17) is 4.74 Å². The summed E-state index contributed by atoms with van der Waals surface area (Å²) in [4.78, 5) is 17.0. The predicted molar refractivity (Wildman–Crippen MR) is 76.8 cm³/mol. The van der Waals surface area contributed by atoms with Crippen LogP contribution in [-0.4, -0.2) is 33.1 Å². The van der Waals surface area contributed by atoms with Gasteiger partial charge in [0.25, 0.3) is 0 Å². The lowest BCUT2D eigenvalue weighted by atomic mass is 10.2. The molecule has 0 aromatic carbocycles. The highest BCUT2D eigenvalue weighted by Crippen LogP contribution is 2.11. The Morgan fingerprint density at radius 1 is 1.20 bits per heavy atom. The number of aromatic nitrogens is 4. The van der Waals surface area contributed by atoms with E-state index < -0.39 is 0 Å². The lowest BCUT2D eigenvalue weighted by Crippen LogP contribution is -2.10. The molecular weight excluding hydrogens is 254 g/mol. The molecule has 0 spiro atoms. The fourth-order valence-corrected chi connectivity index (χ4v) is 1.67. The number of anilines is 1. The van der Waals surface area contributed by atoms with Crippen LogP contribution in [-0.2, 0) is 6.42 Å². The zero-order valence-corrected chi connectivity index (χ0v) is 11.8. The first-order valence-electron chi connectivity index (χ1n) is 6.82. The molecule has 0 unspecified atom stereocenters. The molecule has 6 nitrogen and oxygen atoms in total. The van der Waals surface area contributed by atoms with Crippen molar-refractivity contribution >= 4 is 5.95 Å². The first-order chi connectivity index (χ1) is 9.81. The van der Waals surface area contributed by atoms with Gasteiger partial charge in [-0.2, -0.15) is 15.0 Å². The molecule has 20 heavy (non-hydrogen) atoms. The summed E-state index contributed by atoms with van der Waals surface area (Å²) in [6.07, 6.45) is 5.17. The topological polar surface area (TPSA) is 72.8 Å². The summed E-state index contributed by atoms with van der Waals surface area (Å²) in [5, 5.41) is 3.16. The summed E-state index contributed by atoms with van der Waals surface area (Å²) < 4.78 is 5.39. The van der Waals surface area contributed by atoms with Crippen LogP contribution in [0.5, 0.6) is 6.01 Å². The number of nitrogens with one attached hydrogen (secondary N) is 1. The van der Waals surface area contributed by atoms with Gasteiger partial charge in [0.15, 0.2) is 0 Å². The van der Waals surface area contributed by atoms with Gasteiger partial charge in [0.2, 0.25) is 5.95 Å². The van der Waals surface area contributed by atoms with E-state index in [2.05, 4.69) is 32.2 Å². The van der Waals surface area contributed by atoms with Crippen molar-refractivity contribution in [3.63, 3.8) is 0 Å². The molecule has 2 aromatic rings. The number of hydrogen-bond donors (Lipinski definition) is 1. The number of nitrogens with zero attached hydrogens (tertiary/aromatic N) is 4. The van der Waals surface area contributed by atoms with Gasteiger partial charge in [0.1, 0.15) is 5.82 Å². The molecule has 1 N–H and O–H groups in total. The highest BCUT2D eigenvalue weighted by Gasteiger charge is 2.08. The third-order valence-electron chi connectivity index (χ3n) is 2.55. The Morgan fingerprint density at radius 3 is 2.80 bits per heavy atom. The zero-order valence-electron chi connectivity index (χ0n) is 11.8. The lowest BCUT2D eigenvalue weighted by Gasteiger charge is -2.08. The first kappa shape index (κ1) is 14.2. The Hall–Kier alpha value is -2.24. The van der Waals surface area contributed by atoms with Crippen molar-refractivity contribution in [2.75, 3.05) is 18.5 Å². The molecule has 0 radical (unpaired) electrons. The quantitative estimate of drug-likeness (QED) is 0.832. The third kappa shape index (κ3) is 4.15. The van der Waals surface area contributed by atoms with Crippen LogP contribution in [0.15, 0.2) is 24.5 Å². The van der Waals surface area contributed by atoms with Gasteiger partial charge in [-0.1, -0.05) is 13.0 Å². The molecule has 0 bridgehead atoms. The second-order valence-electron chi connectivity index (χ2n) is 4.26. The smallest absolute Gasteiger partial charge is 0.321 e. The van der Waals surface area contributed by atoms with Crippen molar-refractivity contribution < 1.29 is 4.74 Å². The van der Waals surface area contributed by atoms with Gasteiger partial charge in [-0.25, -0.2) is 0 Å². The average molecular weight is 273 g/mol. The van der Waals surface area contributed by atoms with E-state index in [1.54, 1.807) is 6.20 Å². The molecule has 0 aliphatic carbocycles. The van der Waals surface area contributed by atoms with Crippen molar-refractivity contribution in [2.45, 2.75) is 26.7 Å². The Kier molecular flexibility index (Phi) is 5.23. The summed E-state index contributed by atoms with van der Waals surface area (Å²) >= 11 is 0. The highest BCUT2D eigenvalue weighted by molar-refractivity contribution is 5.27. The second kappa shape index (κ2) is 7.37. The maximum absolute atomic E-state index is 5.39. The lowest BCUT2D eigenvalue weighted by molar-refractivity contribution is 0.310. The SMILES string of the molecule is CCCNc1nc(Cc2cccnc2)nc(OCC)n1. The summed E-state index contributed by atoms with van der Waals surface area (Å²) in [5.41, 5.74) is 1.06. The number of ether oxygens (including phenoxy) is 1. The maximum Gasteiger partial charge on any atom is 0.321 e. The first-order valence-corrected chi connectivity index (χ1v) is 6.82. The van der Waals surface area contributed by atoms with E-state index in [0.717, 1.165) is 18.5 Å². The molecule has 0 aliphatic heterocycles. The van der Waals surface area contributed by atoms with E-state index in [1.807, 2.05) is 25.3 Å². The van der Waals surface area contributed by atoms with Crippen molar-refractivity contribution in [1.29, 1.82) is 0 Å². The molecule has 0 amide bonds. The normalized spacial score (nSPS) is 10.3. The van der Waals surface area contributed by atoms with Crippen LogP contribution in [0.25, 0.3) is 0 Å². The van der Waals surface area contributed by atoms with Gasteiger partial charge >= 0.3 is 6.01 Å². The van der Waals surface area contributed by atoms with Gasteiger partial charge in [-0.05, 0) is 25.0 Å². The number of rotatable bonds is 7. The van der Waals surface area contributed by atoms with E-state index in [9.17, 15) is 0 Å². The minimum absolute atomic E-state index is 0.361. The van der Waals surface area contributed by atoms with Crippen molar-refractivity contribution in [1.82, 2.24) is 19.9 Å². The van der Waals surface area contributed by atoms with Gasteiger partial charge in [0.05, 0.1) is 6.61 Å². The third-order valence-corrected chi connectivity index (χ3v) is 2.55. The van der Waals surface area contributed by atoms with Gasteiger partial charge in [0, 0.05) is 25.4 Å². The van der Waals surface area contributed by atoms with Crippen LogP contribution < -0.4 is 10.1 Å².